The molecule has 3 aliphatic rings. The van der Waals surface area contributed by atoms with Gasteiger partial charge in [-0.2, -0.15) is 0 Å². The zero-order chi connectivity index (χ0) is 11.8. The molecule has 2 aliphatic carbocycles. The summed E-state index contributed by atoms with van der Waals surface area (Å²) < 4.78 is 0. The lowest BCUT2D eigenvalue weighted by molar-refractivity contribution is -0.137. The van der Waals surface area contributed by atoms with Crippen LogP contribution >= 0.6 is 0 Å². The first-order chi connectivity index (χ1) is 7.50. The summed E-state index contributed by atoms with van der Waals surface area (Å²) in [4.78, 5) is 0. The van der Waals surface area contributed by atoms with Crippen molar-refractivity contribution >= 4 is 0 Å². The molecule has 0 aromatic heterocycles. The lowest BCUT2D eigenvalue weighted by Gasteiger charge is -2.63. The molecule has 0 radical (unpaired) electrons. The average Bonchev–Trinajstić information content (AvgIpc) is 2.16. The van der Waals surface area contributed by atoms with Gasteiger partial charge in [-0.05, 0) is 62.3 Å². The van der Waals surface area contributed by atoms with Crippen molar-refractivity contribution in [2.45, 2.75) is 65.8 Å². The second-order valence-corrected chi connectivity index (χ2v) is 7.04. The predicted molar refractivity (Wildman–Crippen MR) is 70.5 cm³/mol. The summed E-state index contributed by atoms with van der Waals surface area (Å²) in [6, 6.07) is 0.786. The standard InChI is InChI=1S/C9H16.C6H13N/c1-6-4-7-5-9(2,3)8(6)7;1-6-4-2-3-5-7-6/h6-8H,4-5H2,1-3H3;6-7H,2-5H2,1H3. The van der Waals surface area contributed by atoms with Gasteiger partial charge >= 0.3 is 0 Å². The monoisotopic (exact) mass is 223 g/mol. The Morgan fingerprint density at radius 2 is 1.88 bits per heavy atom. The van der Waals surface area contributed by atoms with Crippen molar-refractivity contribution in [3.8, 4) is 0 Å². The molecule has 4 atom stereocenters. The quantitative estimate of drug-likeness (QED) is 0.658. The van der Waals surface area contributed by atoms with Crippen molar-refractivity contribution in [2.75, 3.05) is 6.54 Å². The minimum absolute atomic E-state index is 0.711. The summed E-state index contributed by atoms with van der Waals surface area (Å²) in [7, 11) is 0. The zero-order valence-corrected chi connectivity index (χ0v) is 11.6. The normalized spacial score (nSPS) is 44.2. The van der Waals surface area contributed by atoms with Crippen LogP contribution in [-0.2, 0) is 0 Å². The molecule has 4 unspecified atom stereocenters. The Morgan fingerprint density at radius 1 is 1.12 bits per heavy atom. The number of nitrogens with one attached hydrogen (secondary N) is 1. The van der Waals surface area contributed by atoms with E-state index in [1.54, 1.807) is 0 Å². The third-order valence-corrected chi connectivity index (χ3v) is 5.04. The average molecular weight is 223 g/mol. The maximum Gasteiger partial charge on any atom is 0.00387 e. The Bertz CT molecular complexity index is 224. The van der Waals surface area contributed by atoms with Crippen LogP contribution in [0.3, 0.4) is 0 Å². The van der Waals surface area contributed by atoms with Crippen molar-refractivity contribution in [3.05, 3.63) is 0 Å². The van der Waals surface area contributed by atoms with E-state index in [0.29, 0.717) is 5.41 Å². The molecule has 1 saturated heterocycles. The summed E-state index contributed by atoms with van der Waals surface area (Å²) in [6.45, 7) is 10.7. The molecule has 3 fully saturated rings. The molecule has 1 nitrogen and oxygen atoms in total. The molecule has 0 aromatic carbocycles. The fourth-order valence-corrected chi connectivity index (χ4v) is 4.34. The Hall–Kier alpha value is -0.0400. The van der Waals surface area contributed by atoms with Crippen LogP contribution in [0.4, 0.5) is 0 Å². The molecule has 1 heteroatoms. The van der Waals surface area contributed by atoms with E-state index in [0.717, 1.165) is 23.8 Å². The first-order valence-electron chi connectivity index (χ1n) is 7.24. The lowest BCUT2D eigenvalue weighted by Crippen LogP contribution is -2.55. The first kappa shape index (κ1) is 12.4. The van der Waals surface area contributed by atoms with Crippen LogP contribution in [0.1, 0.15) is 59.8 Å². The van der Waals surface area contributed by atoms with Gasteiger partial charge in [0.15, 0.2) is 0 Å². The highest BCUT2D eigenvalue weighted by atomic mass is 14.9. The second kappa shape index (κ2) is 4.68. The van der Waals surface area contributed by atoms with Crippen molar-refractivity contribution in [2.24, 2.45) is 23.2 Å². The van der Waals surface area contributed by atoms with Crippen LogP contribution in [0.5, 0.6) is 0 Å². The van der Waals surface area contributed by atoms with Crippen LogP contribution in [0.15, 0.2) is 0 Å². The molecule has 1 N–H and O–H groups in total. The Kier molecular flexibility index (Phi) is 3.63. The fourth-order valence-electron chi connectivity index (χ4n) is 4.34. The number of hydrogen-bond acceptors (Lipinski definition) is 1. The van der Waals surface area contributed by atoms with Gasteiger partial charge in [-0.1, -0.05) is 27.2 Å². The van der Waals surface area contributed by atoms with E-state index in [2.05, 4.69) is 33.0 Å². The van der Waals surface area contributed by atoms with Gasteiger partial charge in [0.2, 0.25) is 0 Å². The van der Waals surface area contributed by atoms with Gasteiger partial charge in [0.05, 0.1) is 0 Å². The maximum atomic E-state index is 3.38. The molecular weight excluding hydrogens is 194 g/mol. The lowest BCUT2D eigenvalue weighted by atomic mass is 9.42. The Labute approximate surface area is 101 Å². The molecule has 94 valence electrons. The van der Waals surface area contributed by atoms with Gasteiger partial charge in [0, 0.05) is 6.04 Å². The summed E-state index contributed by atoms with van der Waals surface area (Å²) in [5.74, 6) is 3.27. The van der Waals surface area contributed by atoms with Crippen molar-refractivity contribution in [1.82, 2.24) is 5.32 Å². The van der Waals surface area contributed by atoms with E-state index in [4.69, 9.17) is 0 Å². The smallest absolute Gasteiger partial charge is 0.00387 e. The zero-order valence-electron chi connectivity index (χ0n) is 11.6. The van der Waals surface area contributed by atoms with Crippen LogP contribution in [0, 0.1) is 23.2 Å². The fraction of sp³-hybridized carbons (Fsp3) is 1.00. The molecule has 0 bridgehead atoms. The van der Waals surface area contributed by atoms with Crippen LogP contribution < -0.4 is 5.32 Å². The van der Waals surface area contributed by atoms with Gasteiger partial charge in [0.25, 0.3) is 0 Å². The number of fused-ring (bicyclic) bond motifs is 1. The molecule has 0 aromatic rings. The van der Waals surface area contributed by atoms with E-state index < -0.39 is 0 Å². The number of piperidine rings is 1. The molecule has 0 amide bonds. The largest absolute Gasteiger partial charge is 0.314 e. The molecule has 1 heterocycles. The maximum absolute atomic E-state index is 3.38. The third kappa shape index (κ3) is 2.45. The van der Waals surface area contributed by atoms with E-state index in [9.17, 15) is 0 Å². The molecule has 1 aliphatic heterocycles. The molecule has 0 spiro atoms. The third-order valence-electron chi connectivity index (χ3n) is 5.04. The van der Waals surface area contributed by atoms with E-state index in [1.807, 2.05) is 0 Å². The highest BCUT2D eigenvalue weighted by Gasteiger charge is 2.56. The molecule has 2 saturated carbocycles. The number of rotatable bonds is 0. The Morgan fingerprint density at radius 3 is 2.12 bits per heavy atom. The SMILES string of the molecule is CC1CC2CC(C)(C)C12.CC1CCCCN1. The van der Waals surface area contributed by atoms with Crippen molar-refractivity contribution < 1.29 is 0 Å². The van der Waals surface area contributed by atoms with Gasteiger partial charge in [-0.15, -0.1) is 0 Å². The highest BCUT2D eigenvalue weighted by molar-refractivity contribution is 5.05. The van der Waals surface area contributed by atoms with Gasteiger partial charge in [-0.3, -0.25) is 0 Å². The van der Waals surface area contributed by atoms with E-state index >= 15 is 0 Å². The van der Waals surface area contributed by atoms with Crippen LogP contribution in [-0.4, -0.2) is 12.6 Å². The van der Waals surface area contributed by atoms with Crippen molar-refractivity contribution in [3.63, 3.8) is 0 Å². The van der Waals surface area contributed by atoms with Crippen LogP contribution in [0.25, 0.3) is 0 Å². The summed E-state index contributed by atoms with van der Waals surface area (Å²) >= 11 is 0. The highest BCUT2D eigenvalue weighted by Crippen LogP contribution is 2.64. The molecule has 3 rings (SSSR count). The summed E-state index contributed by atoms with van der Waals surface area (Å²) in [6.07, 6.45) is 7.20. The Balaban J connectivity index is 0.000000125. The van der Waals surface area contributed by atoms with Gasteiger partial charge in [0.1, 0.15) is 0 Å². The molecule has 16 heavy (non-hydrogen) atoms. The van der Waals surface area contributed by atoms with Gasteiger partial charge < -0.3 is 5.32 Å². The van der Waals surface area contributed by atoms with E-state index in [-0.39, 0.29) is 0 Å². The number of hydrogen-bond donors (Lipinski definition) is 1. The van der Waals surface area contributed by atoms with Crippen LogP contribution in [0.2, 0.25) is 0 Å². The minimum atomic E-state index is 0.711. The predicted octanol–water partition coefficient (Wildman–Crippen LogP) is 3.84. The summed E-state index contributed by atoms with van der Waals surface area (Å²) in [5.41, 5.74) is 0.711. The molecular formula is C15H29N. The van der Waals surface area contributed by atoms with Gasteiger partial charge in [-0.25, -0.2) is 0 Å². The van der Waals surface area contributed by atoms with E-state index in [1.165, 1.54) is 38.6 Å². The first-order valence-corrected chi connectivity index (χ1v) is 7.24. The topological polar surface area (TPSA) is 12.0 Å². The minimum Gasteiger partial charge on any atom is -0.314 e. The van der Waals surface area contributed by atoms with Crippen molar-refractivity contribution in [1.29, 1.82) is 0 Å². The summed E-state index contributed by atoms with van der Waals surface area (Å²) in [5, 5.41) is 3.38. The second-order valence-electron chi connectivity index (χ2n) is 7.04.